The molecule has 10 heteroatoms. The monoisotopic (exact) mass is 348 g/mol. The SMILES string of the molecule is CN(C(=O)O)C1CN(C2=Nc3ncc(Cl)cc3N3CC(=O)N=C23)C1. The lowest BCUT2D eigenvalue weighted by Gasteiger charge is -2.45. The number of anilines is 1. The van der Waals surface area contributed by atoms with Crippen LogP contribution in [0, 0.1) is 0 Å². The first-order valence-corrected chi connectivity index (χ1v) is 7.66. The Morgan fingerprint density at radius 2 is 2.12 bits per heavy atom. The number of hydrogen-bond acceptors (Lipinski definition) is 6. The molecule has 2 amide bonds. The van der Waals surface area contributed by atoms with E-state index >= 15 is 0 Å². The van der Waals surface area contributed by atoms with Gasteiger partial charge in [-0.2, -0.15) is 4.99 Å². The number of pyridine rings is 1. The van der Waals surface area contributed by atoms with E-state index in [2.05, 4.69) is 15.0 Å². The maximum Gasteiger partial charge on any atom is 0.407 e. The van der Waals surface area contributed by atoms with Gasteiger partial charge in [0.15, 0.2) is 17.5 Å². The lowest BCUT2D eigenvalue weighted by molar-refractivity contribution is -0.115. The standard InChI is InChI=1S/C14H13ClN6O3/c1-19(14(23)24)8-4-20(5-8)12-13-17-10(22)6-21(13)9-2-7(15)3-16-11(9)18-12/h2-3,8H,4-6H2,1H3,(H,23,24). The fourth-order valence-electron chi connectivity index (χ4n) is 2.89. The van der Waals surface area contributed by atoms with Gasteiger partial charge in [0.05, 0.1) is 16.8 Å². The van der Waals surface area contributed by atoms with Crippen LogP contribution in [0.15, 0.2) is 22.2 Å². The molecule has 4 rings (SSSR count). The first-order chi connectivity index (χ1) is 11.4. The number of aliphatic imine (C=N–C) groups is 2. The Bertz CT molecular complexity index is 817. The molecule has 4 heterocycles. The molecule has 24 heavy (non-hydrogen) atoms. The average Bonchev–Trinajstić information content (AvgIpc) is 2.88. The molecule has 3 aliphatic rings. The number of amidine groups is 2. The number of carboxylic acid groups (broad SMARTS) is 1. The number of likely N-dealkylation sites (tertiary alicyclic amines) is 1. The van der Waals surface area contributed by atoms with Crippen molar-refractivity contribution in [2.45, 2.75) is 6.04 Å². The van der Waals surface area contributed by atoms with Crippen molar-refractivity contribution in [3.05, 3.63) is 17.3 Å². The van der Waals surface area contributed by atoms with Gasteiger partial charge in [-0.1, -0.05) is 11.6 Å². The third-order valence-corrected chi connectivity index (χ3v) is 4.51. The molecule has 124 valence electrons. The highest BCUT2D eigenvalue weighted by molar-refractivity contribution is 6.50. The molecular formula is C14H13ClN6O3. The van der Waals surface area contributed by atoms with Gasteiger partial charge in [0.25, 0.3) is 5.91 Å². The van der Waals surface area contributed by atoms with E-state index in [-0.39, 0.29) is 18.5 Å². The molecule has 0 bridgehead atoms. The molecule has 0 saturated carbocycles. The summed E-state index contributed by atoms with van der Waals surface area (Å²) in [5.41, 5.74) is 0.649. The van der Waals surface area contributed by atoms with E-state index in [0.29, 0.717) is 41.3 Å². The molecule has 0 radical (unpaired) electrons. The Morgan fingerprint density at radius 3 is 2.83 bits per heavy atom. The van der Waals surface area contributed by atoms with Crippen LogP contribution in [-0.4, -0.2) is 76.3 Å². The van der Waals surface area contributed by atoms with Crippen molar-refractivity contribution in [2.24, 2.45) is 9.98 Å². The summed E-state index contributed by atoms with van der Waals surface area (Å²) < 4.78 is 0. The molecule has 1 saturated heterocycles. The molecule has 1 aromatic rings. The van der Waals surface area contributed by atoms with Crippen LogP contribution in [0.25, 0.3) is 0 Å². The zero-order chi connectivity index (χ0) is 17.0. The molecule has 3 aliphatic heterocycles. The minimum atomic E-state index is -0.970. The van der Waals surface area contributed by atoms with E-state index in [0.717, 1.165) is 0 Å². The predicted molar refractivity (Wildman–Crippen MR) is 87.3 cm³/mol. The highest BCUT2D eigenvalue weighted by Gasteiger charge is 2.42. The van der Waals surface area contributed by atoms with Crippen molar-refractivity contribution in [1.29, 1.82) is 0 Å². The van der Waals surface area contributed by atoms with Gasteiger partial charge < -0.3 is 19.8 Å². The van der Waals surface area contributed by atoms with Crippen LogP contribution in [0.5, 0.6) is 0 Å². The van der Waals surface area contributed by atoms with Gasteiger partial charge in [0.2, 0.25) is 0 Å². The van der Waals surface area contributed by atoms with Crippen molar-refractivity contribution < 1.29 is 14.7 Å². The highest BCUT2D eigenvalue weighted by Crippen LogP contribution is 2.36. The topological polar surface area (TPSA) is 102 Å². The van der Waals surface area contributed by atoms with Crippen molar-refractivity contribution in [3.63, 3.8) is 0 Å². The maximum absolute atomic E-state index is 11.8. The van der Waals surface area contributed by atoms with Crippen LogP contribution in [-0.2, 0) is 4.79 Å². The van der Waals surface area contributed by atoms with Gasteiger partial charge in [0, 0.05) is 26.3 Å². The van der Waals surface area contributed by atoms with E-state index in [1.165, 1.54) is 18.1 Å². The number of nitrogens with zero attached hydrogens (tertiary/aromatic N) is 6. The minimum absolute atomic E-state index is 0.115. The third-order valence-electron chi connectivity index (χ3n) is 4.31. The minimum Gasteiger partial charge on any atom is -0.465 e. The van der Waals surface area contributed by atoms with E-state index in [4.69, 9.17) is 16.7 Å². The van der Waals surface area contributed by atoms with Crippen LogP contribution >= 0.6 is 11.6 Å². The first-order valence-electron chi connectivity index (χ1n) is 7.28. The Morgan fingerprint density at radius 1 is 1.38 bits per heavy atom. The summed E-state index contributed by atoms with van der Waals surface area (Å²) in [4.78, 5) is 40.5. The van der Waals surface area contributed by atoms with Gasteiger partial charge in [-0.3, -0.25) is 4.79 Å². The molecule has 0 aliphatic carbocycles. The number of rotatable bonds is 1. The van der Waals surface area contributed by atoms with Gasteiger partial charge in [0.1, 0.15) is 6.54 Å². The number of aromatic nitrogens is 1. The fraction of sp³-hybridized carbons (Fsp3) is 0.357. The zero-order valence-corrected chi connectivity index (χ0v) is 13.4. The second kappa shape index (κ2) is 5.17. The van der Waals surface area contributed by atoms with Gasteiger partial charge in [-0.05, 0) is 6.07 Å². The average molecular weight is 349 g/mol. The summed E-state index contributed by atoms with van der Waals surface area (Å²) in [6, 6.07) is 1.59. The summed E-state index contributed by atoms with van der Waals surface area (Å²) in [5.74, 6) is 1.22. The predicted octanol–water partition coefficient (Wildman–Crippen LogP) is 0.818. The first kappa shape index (κ1) is 14.9. The Kier molecular flexibility index (Phi) is 3.20. The summed E-state index contributed by atoms with van der Waals surface area (Å²) in [7, 11) is 1.54. The maximum atomic E-state index is 11.8. The molecule has 9 nitrogen and oxygen atoms in total. The largest absolute Gasteiger partial charge is 0.465 e. The van der Waals surface area contributed by atoms with Crippen molar-refractivity contribution in [1.82, 2.24) is 14.8 Å². The fourth-order valence-corrected chi connectivity index (χ4v) is 3.04. The number of hydrogen-bond donors (Lipinski definition) is 1. The Labute approximate surface area is 141 Å². The Balaban J connectivity index is 1.66. The smallest absolute Gasteiger partial charge is 0.407 e. The molecule has 1 fully saturated rings. The van der Waals surface area contributed by atoms with Gasteiger partial charge >= 0.3 is 6.09 Å². The highest BCUT2D eigenvalue weighted by atomic mass is 35.5. The normalized spacial score (nSPS) is 19.3. The molecule has 1 aromatic heterocycles. The number of amides is 2. The lowest BCUT2D eigenvalue weighted by atomic mass is 10.1. The number of carbonyl (C=O) groups excluding carboxylic acids is 1. The summed E-state index contributed by atoms with van der Waals surface area (Å²) in [5, 5.41) is 9.49. The van der Waals surface area contributed by atoms with Crippen molar-refractivity contribution >= 4 is 46.8 Å². The quantitative estimate of drug-likeness (QED) is 0.806. The molecular weight excluding hydrogens is 336 g/mol. The molecule has 0 atom stereocenters. The second-order valence-corrected chi connectivity index (χ2v) is 6.24. The van der Waals surface area contributed by atoms with Crippen LogP contribution in [0.1, 0.15) is 0 Å². The van der Waals surface area contributed by atoms with Crippen LogP contribution in [0.2, 0.25) is 5.02 Å². The molecule has 0 unspecified atom stereocenters. The lowest BCUT2D eigenvalue weighted by Crippen LogP contribution is -2.63. The number of halogens is 1. The number of carbonyl (C=O) groups is 2. The van der Waals surface area contributed by atoms with E-state index in [1.54, 1.807) is 11.0 Å². The molecule has 0 aromatic carbocycles. The van der Waals surface area contributed by atoms with Crippen molar-refractivity contribution in [3.8, 4) is 0 Å². The van der Waals surface area contributed by atoms with E-state index in [9.17, 15) is 9.59 Å². The molecule has 0 spiro atoms. The molecule has 1 N–H and O–H groups in total. The Hall–Kier alpha value is -2.68. The number of likely N-dealkylation sites (N-methyl/N-ethyl adjacent to an activating group) is 1. The summed E-state index contributed by atoms with van der Waals surface area (Å²) in [6.45, 7) is 1.10. The summed E-state index contributed by atoms with van der Waals surface area (Å²) >= 11 is 5.99. The van der Waals surface area contributed by atoms with E-state index < -0.39 is 6.09 Å². The van der Waals surface area contributed by atoms with Gasteiger partial charge in [-0.25, -0.2) is 14.8 Å². The van der Waals surface area contributed by atoms with Crippen molar-refractivity contribution in [2.75, 3.05) is 31.6 Å². The second-order valence-electron chi connectivity index (χ2n) is 5.80. The zero-order valence-electron chi connectivity index (χ0n) is 12.7. The van der Waals surface area contributed by atoms with Crippen LogP contribution in [0.4, 0.5) is 16.3 Å². The summed E-state index contributed by atoms with van der Waals surface area (Å²) in [6.07, 6.45) is 0.528. The van der Waals surface area contributed by atoms with Crippen LogP contribution < -0.4 is 4.90 Å². The third kappa shape index (κ3) is 2.20. The van der Waals surface area contributed by atoms with Crippen LogP contribution in [0.3, 0.4) is 0 Å². The van der Waals surface area contributed by atoms with Gasteiger partial charge in [-0.15, -0.1) is 0 Å². The van der Waals surface area contributed by atoms with E-state index in [1.807, 2.05) is 4.90 Å². The number of fused-ring (bicyclic) bond motifs is 3.